The molecule has 0 aliphatic carbocycles. The number of amides is 1. The predicted molar refractivity (Wildman–Crippen MR) is 86.7 cm³/mol. The van der Waals surface area contributed by atoms with Gasteiger partial charge in [0.1, 0.15) is 5.82 Å². The fourth-order valence-corrected chi connectivity index (χ4v) is 2.93. The largest absolute Gasteiger partial charge is 0.325 e. The van der Waals surface area contributed by atoms with Gasteiger partial charge in [-0.2, -0.15) is 0 Å². The summed E-state index contributed by atoms with van der Waals surface area (Å²) in [6.07, 6.45) is 0. The second-order valence-corrected chi connectivity index (χ2v) is 7.07. The molecule has 0 aromatic heterocycles. The maximum absolute atomic E-state index is 13.0. The molecule has 9 heteroatoms. The number of hydrogen-bond donors (Lipinski definition) is 2. The van der Waals surface area contributed by atoms with E-state index in [1.54, 1.807) is 0 Å². The van der Waals surface area contributed by atoms with Crippen LogP contribution in [0.2, 0.25) is 10.0 Å². The van der Waals surface area contributed by atoms with E-state index >= 15 is 0 Å². The fourth-order valence-electron chi connectivity index (χ4n) is 1.64. The zero-order chi connectivity index (χ0) is 17.0. The van der Waals surface area contributed by atoms with Gasteiger partial charge < -0.3 is 5.32 Å². The Labute approximate surface area is 142 Å². The molecule has 5 nitrogen and oxygen atoms in total. The molecule has 0 aliphatic rings. The molecule has 1 amide bonds. The van der Waals surface area contributed by atoms with Crippen molar-refractivity contribution in [3.63, 3.8) is 0 Å². The lowest BCUT2D eigenvalue weighted by atomic mass is 10.3. The smallest absolute Gasteiger partial charge is 0.241 e. The van der Waals surface area contributed by atoms with Crippen molar-refractivity contribution >= 4 is 44.8 Å². The highest BCUT2D eigenvalue weighted by Gasteiger charge is 2.15. The fraction of sp³-hybridized carbons (Fsp3) is 0.0714. The molecule has 23 heavy (non-hydrogen) atoms. The third-order valence-electron chi connectivity index (χ3n) is 2.75. The van der Waals surface area contributed by atoms with Crippen LogP contribution in [0.25, 0.3) is 0 Å². The molecule has 0 radical (unpaired) electrons. The van der Waals surface area contributed by atoms with Crippen LogP contribution in [-0.2, 0) is 14.8 Å². The molecule has 0 heterocycles. The first-order chi connectivity index (χ1) is 10.8. The van der Waals surface area contributed by atoms with E-state index in [2.05, 4.69) is 10.0 Å². The molecule has 0 saturated heterocycles. The molecule has 0 saturated carbocycles. The van der Waals surface area contributed by atoms with Crippen LogP contribution in [0.15, 0.2) is 47.4 Å². The predicted octanol–water partition coefficient (Wildman–Crippen LogP) is 3.05. The molecule has 0 atom stereocenters. The van der Waals surface area contributed by atoms with Gasteiger partial charge in [0, 0.05) is 10.7 Å². The summed E-state index contributed by atoms with van der Waals surface area (Å²) in [5.41, 5.74) is 0.257. The summed E-state index contributed by atoms with van der Waals surface area (Å²) in [7, 11) is -3.83. The van der Waals surface area contributed by atoms with Gasteiger partial charge in [0.15, 0.2) is 0 Å². The van der Waals surface area contributed by atoms with Gasteiger partial charge in [-0.15, -0.1) is 0 Å². The average molecular weight is 377 g/mol. The van der Waals surface area contributed by atoms with Crippen molar-refractivity contribution in [1.29, 1.82) is 0 Å². The van der Waals surface area contributed by atoms with E-state index < -0.39 is 28.3 Å². The first-order valence-corrected chi connectivity index (χ1v) is 8.52. The number of benzene rings is 2. The Kier molecular flexibility index (Phi) is 5.59. The highest BCUT2D eigenvalue weighted by atomic mass is 35.5. The van der Waals surface area contributed by atoms with Gasteiger partial charge in [-0.1, -0.05) is 23.2 Å². The van der Waals surface area contributed by atoms with Crippen LogP contribution in [0.3, 0.4) is 0 Å². The van der Waals surface area contributed by atoms with Crippen molar-refractivity contribution in [2.75, 3.05) is 11.9 Å². The molecule has 2 rings (SSSR count). The van der Waals surface area contributed by atoms with E-state index in [-0.39, 0.29) is 15.6 Å². The monoisotopic (exact) mass is 376 g/mol. The molecule has 122 valence electrons. The topological polar surface area (TPSA) is 75.3 Å². The number of hydrogen-bond acceptors (Lipinski definition) is 3. The number of nitrogens with one attached hydrogen (secondary N) is 2. The molecular formula is C14H11Cl2FN2O3S. The molecule has 0 spiro atoms. The normalized spacial score (nSPS) is 11.3. The van der Waals surface area contributed by atoms with Crippen LogP contribution in [0, 0.1) is 5.82 Å². The van der Waals surface area contributed by atoms with E-state index in [9.17, 15) is 17.6 Å². The summed E-state index contributed by atoms with van der Waals surface area (Å²) >= 11 is 11.3. The molecule has 2 N–H and O–H groups in total. The number of sulfonamides is 1. The first-order valence-electron chi connectivity index (χ1n) is 6.28. The number of rotatable bonds is 5. The SMILES string of the molecule is O=C(CNS(=O)(=O)c1ccc(Cl)cc1)Nc1ccc(F)c(Cl)c1. The van der Waals surface area contributed by atoms with Crippen LogP contribution >= 0.6 is 23.2 Å². The molecule has 0 unspecified atom stereocenters. The van der Waals surface area contributed by atoms with Crippen molar-refractivity contribution < 1.29 is 17.6 Å². The molecule has 0 aliphatic heterocycles. The number of anilines is 1. The Morgan fingerprint density at radius 1 is 1.09 bits per heavy atom. The lowest BCUT2D eigenvalue weighted by Gasteiger charge is -2.08. The highest BCUT2D eigenvalue weighted by Crippen LogP contribution is 2.19. The number of carbonyl (C=O) groups excluding carboxylic acids is 1. The maximum Gasteiger partial charge on any atom is 0.241 e. The summed E-state index contributed by atoms with van der Waals surface area (Å²) in [6.45, 7) is -0.486. The van der Waals surface area contributed by atoms with Crippen LogP contribution in [0.5, 0.6) is 0 Å². The minimum Gasteiger partial charge on any atom is -0.325 e. The standard InChI is InChI=1S/C14H11Cl2FN2O3S/c15-9-1-4-11(5-2-9)23(21,22)18-8-14(20)19-10-3-6-13(17)12(16)7-10/h1-7,18H,8H2,(H,19,20). The maximum atomic E-state index is 13.0. The minimum absolute atomic E-state index is 0.0143. The summed E-state index contributed by atoms with van der Waals surface area (Å²) < 4.78 is 39.2. The van der Waals surface area contributed by atoms with Gasteiger partial charge in [-0.25, -0.2) is 17.5 Å². The van der Waals surface area contributed by atoms with Gasteiger partial charge >= 0.3 is 0 Å². The Bertz CT molecular complexity index is 826. The zero-order valence-corrected chi connectivity index (χ0v) is 13.8. The second-order valence-electron chi connectivity index (χ2n) is 4.46. The summed E-state index contributed by atoms with van der Waals surface area (Å²) in [5, 5.41) is 2.65. The number of carbonyl (C=O) groups is 1. The Morgan fingerprint density at radius 3 is 2.35 bits per heavy atom. The molecule has 2 aromatic carbocycles. The quantitative estimate of drug-likeness (QED) is 0.841. The van der Waals surface area contributed by atoms with E-state index in [0.29, 0.717) is 5.02 Å². The molecular weight excluding hydrogens is 366 g/mol. The van der Waals surface area contributed by atoms with Crippen molar-refractivity contribution in [3.05, 3.63) is 58.3 Å². The van der Waals surface area contributed by atoms with Gasteiger partial charge in [0.25, 0.3) is 0 Å². The van der Waals surface area contributed by atoms with Crippen molar-refractivity contribution in [1.82, 2.24) is 4.72 Å². The molecule has 0 fully saturated rings. The van der Waals surface area contributed by atoms with Gasteiger partial charge in [0.2, 0.25) is 15.9 Å². The zero-order valence-electron chi connectivity index (χ0n) is 11.5. The van der Waals surface area contributed by atoms with Crippen LogP contribution in [0.1, 0.15) is 0 Å². The van der Waals surface area contributed by atoms with E-state index in [4.69, 9.17) is 23.2 Å². The average Bonchev–Trinajstić information content (AvgIpc) is 2.50. The number of halogens is 3. The van der Waals surface area contributed by atoms with E-state index in [1.165, 1.54) is 36.4 Å². The minimum atomic E-state index is -3.83. The third kappa shape index (κ3) is 4.90. The van der Waals surface area contributed by atoms with Crippen molar-refractivity contribution in [3.8, 4) is 0 Å². The Balaban J connectivity index is 1.98. The van der Waals surface area contributed by atoms with Gasteiger partial charge in [-0.05, 0) is 42.5 Å². The van der Waals surface area contributed by atoms with Crippen LogP contribution in [-0.4, -0.2) is 20.9 Å². The lowest BCUT2D eigenvalue weighted by Crippen LogP contribution is -2.32. The van der Waals surface area contributed by atoms with E-state index in [0.717, 1.165) is 6.07 Å². The van der Waals surface area contributed by atoms with Gasteiger partial charge in [-0.3, -0.25) is 4.79 Å². The summed E-state index contributed by atoms with van der Waals surface area (Å²) in [4.78, 5) is 11.7. The molecule has 0 bridgehead atoms. The van der Waals surface area contributed by atoms with Crippen LogP contribution < -0.4 is 10.0 Å². The Hall–Kier alpha value is -1.67. The lowest BCUT2D eigenvalue weighted by molar-refractivity contribution is -0.115. The van der Waals surface area contributed by atoms with Crippen LogP contribution in [0.4, 0.5) is 10.1 Å². The second kappa shape index (κ2) is 7.27. The summed E-state index contributed by atoms with van der Waals surface area (Å²) in [6, 6.07) is 9.13. The Morgan fingerprint density at radius 2 is 1.74 bits per heavy atom. The van der Waals surface area contributed by atoms with Gasteiger partial charge in [0.05, 0.1) is 16.5 Å². The first kappa shape index (κ1) is 17.7. The highest BCUT2D eigenvalue weighted by molar-refractivity contribution is 7.89. The van der Waals surface area contributed by atoms with E-state index in [1.807, 2.05) is 0 Å². The van der Waals surface area contributed by atoms with Crippen molar-refractivity contribution in [2.45, 2.75) is 4.90 Å². The van der Waals surface area contributed by atoms with Crippen molar-refractivity contribution in [2.24, 2.45) is 0 Å². The third-order valence-corrected chi connectivity index (χ3v) is 4.71. The molecule has 2 aromatic rings. The summed E-state index contributed by atoms with van der Waals surface area (Å²) in [5.74, 6) is -1.24.